The van der Waals surface area contributed by atoms with Gasteiger partial charge < -0.3 is 10.3 Å². The molecule has 0 spiro atoms. The number of fused-ring (bicyclic) bond motifs is 2. The maximum absolute atomic E-state index is 11.6. The zero-order valence-corrected chi connectivity index (χ0v) is 21.0. The largest absolute Gasteiger partial charge is 0.369 e. The van der Waals surface area contributed by atoms with Crippen molar-refractivity contribution in [2.24, 2.45) is 0 Å². The average Bonchev–Trinajstić information content (AvgIpc) is 3.36. The number of anilines is 2. The van der Waals surface area contributed by atoms with Gasteiger partial charge in [-0.1, -0.05) is 30.3 Å². The molecule has 2 aromatic carbocycles. The second kappa shape index (κ2) is 8.96. The van der Waals surface area contributed by atoms with Crippen molar-refractivity contribution in [2.75, 3.05) is 22.8 Å². The molecule has 4 aromatic rings. The van der Waals surface area contributed by atoms with Gasteiger partial charge in [0.2, 0.25) is 10.0 Å². The fourth-order valence-electron chi connectivity index (χ4n) is 4.55. The van der Waals surface area contributed by atoms with Gasteiger partial charge in [0.1, 0.15) is 12.1 Å². The molecule has 0 saturated heterocycles. The van der Waals surface area contributed by atoms with Crippen LogP contribution in [0.5, 0.6) is 0 Å². The quantitative estimate of drug-likeness (QED) is 0.335. The third kappa shape index (κ3) is 4.63. The second-order valence-electron chi connectivity index (χ2n) is 8.71. The Morgan fingerprint density at radius 1 is 1.15 bits per heavy atom. The molecule has 0 bridgehead atoms. The van der Waals surface area contributed by atoms with Crippen molar-refractivity contribution in [1.29, 1.82) is 0 Å². The molecule has 0 saturated carbocycles. The van der Waals surface area contributed by atoms with E-state index in [1.165, 1.54) is 27.7 Å². The number of aryl methyl sites for hydroxylation is 2. The number of nitrogens with zero attached hydrogens (tertiary/aromatic N) is 2. The molecule has 2 aromatic heterocycles. The Bertz CT molecular complexity index is 1480. The summed E-state index contributed by atoms with van der Waals surface area (Å²) in [7, 11) is -3.32. The second-order valence-corrected chi connectivity index (χ2v) is 11.7. The fourth-order valence-corrected chi connectivity index (χ4v) is 6.42. The van der Waals surface area contributed by atoms with Gasteiger partial charge in [-0.25, -0.2) is 18.4 Å². The normalized spacial score (nSPS) is 15.4. The standard InChI is InChI=1S/C25H27N5O2S2/c1-15-6-4-9-20-19(16(2)29-23(15)20)10-11-26-25-24-21(27-14-28-25)13-22(33-24)17-7-5-8-18(12-17)30-34(3,31)32/h4-9,12,14,22,29-30H,10-11,13H2,1-3H3,(H,26,27,28). The van der Waals surface area contributed by atoms with Gasteiger partial charge in [0, 0.05) is 40.5 Å². The van der Waals surface area contributed by atoms with Gasteiger partial charge in [0.15, 0.2) is 0 Å². The van der Waals surface area contributed by atoms with E-state index in [1.807, 2.05) is 18.2 Å². The van der Waals surface area contributed by atoms with Crippen LogP contribution in [0.3, 0.4) is 0 Å². The van der Waals surface area contributed by atoms with Crippen molar-refractivity contribution in [3.63, 3.8) is 0 Å². The topological polar surface area (TPSA) is 99.8 Å². The summed E-state index contributed by atoms with van der Waals surface area (Å²) in [6.07, 6.45) is 4.44. The van der Waals surface area contributed by atoms with Crippen LogP contribution < -0.4 is 10.0 Å². The number of rotatable bonds is 7. The van der Waals surface area contributed by atoms with Crippen molar-refractivity contribution in [1.82, 2.24) is 15.0 Å². The number of para-hydroxylation sites is 1. The first kappa shape index (κ1) is 22.7. The molecule has 1 atom stereocenters. The van der Waals surface area contributed by atoms with E-state index in [1.54, 1.807) is 24.2 Å². The van der Waals surface area contributed by atoms with E-state index in [0.29, 0.717) is 5.69 Å². The molecule has 0 amide bonds. The van der Waals surface area contributed by atoms with Crippen LogP contribution in [0.25, 0.3) is 10.9 Å². The summed E-state index contributed by atoms with van der Waals surface area (Å²) >= 11 is 1.73. The Labute approximate surface area is 203 Å². The number of thioether (sulfide) groups is 1. The van der Waals surface area contributed by atoms with E-state index in [-0.39, 0.29) is 5.25 Å². The van der Waals surface area contributed by atoms with E-state index in [2.05, 4.69) is 57.0 Å². The van der Waals surface area contributed by atoms with Gasteiger partial charge in [-0.3, -0.25) is 4.72 Å². The zero-order chi connectivity index (χ0) is 23.9. The number of hydrogen-bond donors (Lipinski definition) is 3. The Morgan fingerprint density at radius 2 is 1.97 bits per heavy atom. The lowest BCUT2D eigenvalue weighted by molar-refractivity contribution is 0.607. The zero-order valence-electron chi connectivity index (χ0n) is 19.3. The maximum atomic E-state index is 11.6. The molecule has 0 fully saturated rings. The lowest BCUT2D eigenvalue weighted by Crippen LogP contribution is -2.09. The highest BCUT2D eigenvalue weighted by Crippen LogP contribution is 2.48. The molecule has 1 unspecified atom stereocenters. The highest BCUT2D eigenvalue weighted by Gasteiger charge is 2.28. The number of nitrogens with one attached hydrogen (secondary N) is 3. The summed E-state index contributed by atoms with van der Waals surface area (Å²) in [5, 5.41) is 4.97. The van der Waals surface area contributed by atoms with Gasteiger partial charge in [-0.2, -0.15) is 0 Å². The number of hydrogen-bond acceptors (Lipinski definition) is 6. The molecule has 1 aliphatic heterocycles. The lowest BCUT2D eigenvalue weighted by Gasteiger charge is -2.12. The first-order chi connectivity index (χ1) is 16.3. The van der Waals surface area contributed by atoms with Crippen LogP contribution in [0.15, 0.2) is 53.7 Å². The summed E-state index contributed by atoms with van der Waals surface area (Å²) < 4.78 is 25.8. The molecule has 1 aliphatic rings. The molecule has 176 valence electrons. The molecule has 7 nitrogen and oxygen atoms in total. The smallest absolute Gasteiger partial charge is 0.229 e. The van der Waals surface area contributed by atoms with Gasteiger partial charge in [0.25, 0.3) is 0 Å². The summed E-state index contributed by atoms with van der Waals surface area (Å²) in [6, 6.07) is 14.0. The minimum absolute atomic E-state index is 0.160. The van der Waals surface area contributed by atoms with Crippen LogP contribution in [0, 0.1) is 13.8 Å². The van der Waals surface area contributed by atoms with Crippen molar-refractivity contribution >= 4 is 44.2 Å². The fraction of sp³-hybridized carbons (Fsp3) is 0.280. The summed E-state index contributed by atoms with van der Waals surface area (Å²) in [4.78, 5) is 13.6. The molecular weight excluding hydrogens is 466 g/mol. The molecule has 0 radical (unpaired) electrons. The Hall–Kier alpha value is -3.04. The van der Waals surface area contributed by atoms with Gasteiger partial charge in [-0.15, -0.1) is 11.8 Å². The van der Waals surface area contributed by atoms with Crippen molar-refractivity contribution in [3.05, 3.63) is 76.9 Å². The summed E-state index contributed by atoms with van der Waals surface area (Å²) in [5.74, 6) is 0.858. The van der Waals surface area contributed by atoms with Crippen LogP contribution in [-0.2, 0) is 22.9 Å². The predicted molar refractivity (Wildman–Crippen MR) is 139 cm³/mol. The highest BCUT2D eigenvalue weighted by atomic mass is 32.2. The first-order valence-electron chi connectivity index (χ1n) is 11.2. The maximum Gasteiger partial charge on any atom is 0.229 e. The molecule has 3 heterocycles. The highest BCUT2D eigenvalue weighted by molar-refractivity contribution is 8.00. The number of aromatic amines is 1. The number of sulfonamides is 1. The van der Waals surface area contributed by atoms with Crippen molar-refractivity contribution in [2.45, 2.75) is 36.8 Å². The van der Waals surface area contributed by atoms with Crippen molar-refractivity contribution < 1.29 is 8.42 Å². The molecule has 0 aliphatic carbocycles. The third-order valence-electron chi connectivity index (χ3n) is 6.11. The monoisotopic (exact) mass is 493 g/mol. The molecule has 9 heteroatoms. The average molecular weight is 494 g/mol. The third-order valence-corrected chi connectivity index (χ3v) is 8.10. The number of H-pyrrole nitrogens is 1. The molecule has 3 N–H and O–H groups in total. The van der Waals surface area contributed by atoms with Crippen LogP contribution >= 0.6 is 11.8 Å². The number of benzene rings is 2. The molecule has 5 rings (SSSR count). The van der Waals surface area contributed by atoms with Gasteiger partial charge >= 0.3 is 0 Å². The summed E-state index contributed by atoms with van der Waals surface area (Å²) in [6.45, 7) is 5.03. The molecule has 34 heavy (non-hydrogen) atoms. The Balaban J connectivity index is 1.30. The SMILES string of the molecule is Cc1[nH]c2c(C)cccc2c1CCNc1ncnc2c1SC(c1cccc(NS(C)(=O)=O)c1)C2. The van der Waals surface area contributed by atoms with Gasteiger partial charge in [0.05, 0.1) is 16.8 Å². The van der Waals surface area contributed by atoms with Crippen LogP contribution in [-0.4, -0.2) is 36.2 Å². The lowest BCUT2D eigenvalue weighted by atomic mass is 10.1. The van der Waals surface area contributed by atoms with Gasteiger partial charge in [-0.05, 0) is 49.1 Å². The van der Waals surface area contributed by atoms with Crippen LogP contribution in [0.2, 0.25) is 0 Å². The van der Waals surface area contributed by atoms with Crippen LogP contribution in [0.4, 0.5) is 11.5 Å². The Kier molecular flexibility index (Phi) is 5.99. The minimum atomic E-state index is -3.32. The minimum Gasteiger partial charge on any atom is -0.369 e. The van der Waals surface area contributed by atoms with E-state index in [9.17, 15) is 8.42 Å². The van der Waals surface area contributed by atoms with Crippen LogP contribution in [0.1, 0.15) is 33.3 Å². The summed E-state index contributed by atoms with van der Waals surface area (Å²) in [5.41, 5.74) is 7.66. The van der Waals surface area contributed by atoms with E-state index in [0.717, 1.165) is 47.6 Å². The van der Waals surface area contributed by atoms with E-state index < -0.39 is 10.0 Å². The Morgan fingerprint density at radius 3 is 2.79 bits per heavy atom. The first-order valence-corrected chi connectivity index (χ1v) is 13.9. The van der Waals surface area contributed by atoms with Crippen molar-refractivity contribution in [3.8, 4) is 0 Å². The van der Waals surface area contributed by atoms with E-state index in [4.69, 9.17) is 0 Å². The predicted octanol–water partition coefficient (Wildman–Crippen LogP) is 4.99. The number of aromatic nitrogens is 3. The van der Waals surface area contributed by atoms with E-state index >= 15 is 0 Å². The molecular formula is C25H27N5O2S2.